The number of ketones is 1. The van der Waals surface area contributed by atoms with Gasteiger partial charge in [-0.2, -0.15) is 0 Å². The first-order valence-corrected chi connectivity index (χ1v) is 7.78. The summed E-state index contributed by atoms with van der Waals surface area (Å²) >= 11 is 0. The lowest BCUT2D eigenvalue weighted by Gasteiger charge is -2.23. The quantitative estimate of drug-likeness (QED) is 0.451. The van der Waals surface area contributed by atoms with Crippen LogP contribution in [0.2, 0.25) is 0 Å². The summed E-state index contributed by atoms with van der Waals surface area (Å²) < 4.78 is 14.8. The van der Waals surface area contributed by atoms with E-state index in [2.05, 4.69) is 0 Å². The Kier molecular flexibility index (Phi) is 5.56. The predicted octanol–water partition coefficient (Wildman–Crippen LogP) is 1.05. The maximum absolute atomic E-state index is 12.5. The van der Waals surface area contributed by atoms with Crippen molar-refractivity contribution in [3.8, 4) is 5.75 Å². The molecular weight excluding hydrogens is 316 g/mol. The zero-order valence-electron chi connectivity index (χ0n) is 13.7. The molecule has 0 spiro atoms. The van der Waals surface area contributed by atoms with Gasteiger partial charge < -0.3 is 19.3 Å². The van der Waals surface area contributed by atoms with Gasteiger partial charge in [-0.25, -0.2) is 9.59 Å². The van der Waals surface area contributed by atoms with Gasteiger partial charge in [-0.1, -0.05) is 0 Å². The minimum absolute atomic E-state index is 0.0368. The first-order valence-electron chi connectivity index (χ1n) is 7.78. The Labute approximate surface area is 139 Å². The van der Waals surface area contributed by atoms with Gasteiger partial charge in [-0.3, -0.25) is 4.79 Å². The third kappa shape index (κ3) is 3.56. The second kappa shape index (κ2) is 7.44. The highest BCUT2D eigenvalue weighted by Gasteiger charge is 2.49. The number of carbonyl (C=O) groups excluding carboxylic acids is 3. The van der Waals surface area contributed by atoms with Crippen LogP contribution in [0.25, 0.3) is 0 Å². The number of aliphatic hydroxyl groups is 1. The topological polar surface area (TPSA) is 99.1 Å². The predicted molar refractivity (Wildman–Crippen MR) is 82.8 cm³/mol. The van der Waals surface area contributed by atoms with Crippen molar-refractivity contribution >= 4 is 17.7 Å². The molecule has 0 aromatic heterocycles. The summed E-state index contributed by atoms with van der Waals surface area (Å²) in [6, 6.07) is 4.83. The Hall–Kier alpha value is -2.41. The first-order chi connectivity index (χ1) is 11.4. The number of hydrogen-bond acceptors (Lipinski definition) is 7. The molecule has 0 aliphatic carbocycles. The Morgan fingerprint density at radius 3 is 2.38 bits per heavy atom. The van der Waals surface area contributed by atoms with Gasteiger partial charge in [0.15, 0.2) is 5.78 Å². The van der Waals surface area contributed by atoms with Gasteiger partial charge in [-0.05, 0) is 37.6 Å². The Morgan fingerprint density at radius 1 is 1.17 bits per heavy atom. The largest absolute Gasteiger partial charge is 0.493 e. The molecule has 0 saturated heterocycles. The van der Waals surface area contributed by atoms with Crippen molar-refractivity contribution in [2.24, 2.45) is 0 Å². The fourth-order valence-corrected chi connectivity index (χ4v) is 2.42. The molecule has 1 aliphatic rings. The van der Waals surface area contributed by atoms with E-state index in [4.69, 9.17) is 14.2 Å². The number of fused-ring (bicyclic) bond motifs is 1. The van der Waals surface area contributed by atoms with Crippen molar-refractivity contribution in [3.63, 3.8) is 0 Å². The molecule has 0 unspecified atom stereocenters. The summed E-state index contributed by atoms with van der Waals surface area (Å²) in [6.45, 7) is 3.54. The van der Waals surface area contributed by atoms with Crippen LogP contribution in [0.15, 0.2) is 18.2 Å². The van der Waals surface area contributed by atoms with Crippen LogP contribution in [0.5, 0.6) is 5.75 Å². The maximum atomic E-state index is 12.5. The van der Waals surface area contributed by atoms with E-state index < -0.39 is 29.7 Å². The van der Waals surface area contributed by atoms with Gasteiger partial charge in [0.1, 0.15) is 5.75 Å². The van der Waals surface area contributed by atoms with E-state index in [1.807, 2.05) is 0 Å². The van der Waals surface area contributed by atoms with Crippen LogP contribution in [-0.4, -0.2) is 48.3 Å². The lowest BCUT2D eigenvalue weighted by Crippen LogP contribution is -2.50. The summed E-state index contributed by atoms with van der Waals surface area (Å²) in [5.74, 6) is -2.24. The van der Waals surface area contributed by atoms with Gasteiger partial charge >= 0.3 is 11.9 Å². The van der Waals surface area contributed by atoms with Crippen LogP contribution in [0, 0.1) is 0 Å². The first kappa shape index (κ1) is 17.9. The number of rotatable bonds is 7. The highest BCUT2D eigenvalue weighted by atomic mass is 16.6. The summed E-state index contributed by atoms with van der Waals surface area (Å²) in [5, 5.41) is 10.4. The van der Waals surface area contributed by atoms with Gasteiger partial charge in [0, 0.05) is 12.0 Å². The van der Waals surface area contributed by atoms with Gasteiger partial charge in [0.2, 0.25) is 0 Å². The molecule has 1 aliphatic heterocycles. The SMILES string of the molecule is CCOC(=O)C(O)(CC(=O)c1ccc2c(c1)CCO2)C(=O)OCC. The summed E-state index contributed by atoms with van der Waals surface area (Å²) in [5.41, 5.74) is -1.50. The Morgan fingerprint density at radius 2 is 1.79 bits per heavy atom. The van der Waals surface area contributed by atoms with E-state index in [0.29, 0.717) is 18.8 Å². The number of hydrogen-bond donors (Lipinski definition) is 1. The average Bonchev–Trinajstić information content (AvgIpc) is 3.02. The third-order valence-corrected chi connectivity index (χ3v) is 3.65. The van der Waals surface area contributed by atoms with Crippen molar-refractivity contribution in [1.29, 1.82) is 0 Å². The van der Waals surface area contributed by atoms with E-state index in [-0.39, 0.29) is 18.8 Å². The van der Waals surface area contributed by atoms with Crippen molar-refractivity contribution < 1.29 is 33.7 Å². The Balaban J connectivity index is 2.23. The zero-order valence-corrected chi connectivity index (χ0v) is 13.7. The molecule has 2 rings (SSSR count). The maximum Gasteiger partial charge on any atom is 0.350 e. The monoisotopic (exact) mass is 336 g/mol. The minimum Gasteiger partial charge on any atom is -0.493 e. The van der Waals surface area contributed by atoms with Crippen LogP contribution in [0.1, 0.15) is 36.2 Å². The third-order valence-electron chi connectivity index (χ3n) is 3.65. The van der Waals surface area contributed by atoms with Crippen molar-refractivity contribution in [1.82, 2.24) is 0 Å². The molecule has 0 amide bonds. The highest BCUT2D eigenvalue weighted by Crippen LogP contribution is 2.27. The van der Waals surface area contributed by atoms with Gasteiger partial charge in [-0.15, -0.1) is 0 Å². The molecule has 0 saturated carbocycles. The van der Waals surface area contributed by atoms with E-state index in [0.717, 1.165) is 5.56 Å². The van der Waals surface area contributed by atoms with Crippen molar-refractivity contribution in [2.45, 2.75) is 32.3 Å². The molecule has 7 heteroatoms. The minimum atomic E-state index is -2.65. The molecule has 7 nitrogen and oxygen atoms in total. The van der Waals surface area contributed by atoms with E-state index in [1.165, 1.54) is 19.9 Å². The second-order valence-electron chi connectivity index (χ2n) is 5.32. The summed E-state index contributed by atoms with van der Waals surface area (Å²) in [6.07, 6.45) is -0.0687. The van der Waals surface area contributed by atoms with E-state index >= 15 is 0 Å². The van der Waals surface area contributed by atoms with Crippen LogP contribution in [0.3, 0.4) is 0 Å². The molecule has 0 fully saturated rings. The molecule has 0 atom stereocenters. The molecular formula is C17H20O7. The summed E-state index contributed by atoms with van der Waals surface area (Å²) in [4.78, 5) is 36.4. The molecule has 1 aromatic rings. The smallest absolute Gasteiger partial charge is 0.350 e. The van der Waals surface area contributed by atoms with Crippen LogP contribution >= 0.6 is 0 Å². The number of benzene rings is 1. The zero-order chi connectivity index (χ0) is 17.7. The van der Waals surface area contributed by atoms with E-state index in [1.54, 1.807) is 12.1 Å². The van der Waals surface area contributed by atoms with Crippen LogP contribution in [-0.2, 0) is 25.5 Å². The highest BCUT2D eigenvalue weighted by molar-refractivity contribution is 6.10. The number of Topliss-reactive ketones (excluding diaryl/α,β-unsaturated/α-hetero) is 1. The molecule has 1 N–H and O–H groups in total. The van der Waals surface area contributed by atoms with Crippen molar-refractivity contribution in [2.75, 3.05) is 19.8 Å². The number of carbonyl (C=O) groups is 3. The fourth-order valence-electron chi connectivity index (χ4n) is 2.42. The Bertz CT molecular complexity index is 632. The molecule has 0 bridgehead atoms. The van der Waals surface area contributed by atoms with E-state index in [9.17, 15) is 19.5 Å². The summed E-state index contributed by atoms with van der Waals surface area (Å²) in [7, 11) is 0. The second-order valence-corrected chi connectivity index (χ2v) is 5.32. The molecule has 1 aromatic carbocycles. The molecule has 24 heavy (non-hydrogen) atoms. The van der Waals surface area contributed by atoms with Crippen LogP contribution < -0.4 is 4.74 Å². The van der Waals surface area contributed by atoms with Gasteiger partial charge in [0.05, 0.1) is 26.2 Å². The lowest BCUT2D eigenvalue weighted by molar-refractivity contribution is -0.182. The van der Waals surface area contributed by atoms with Crippen molar-refractivity contribution in [3.05, 3.63) is 29.3 Å². The molecule has 0 radical (unpaired) electrons. The standard InChI is InChI=1S/C17H20O7/c1-3-22-15(19)17(21,16(20)23-4-2)10-13(18)11-5-6-14-12(9-11)7-8-24-14/h5-6,9,21H,3-4,7-8,10H2,1-2H3. The molecule has 1 heterocycles. The average molecular weight is 336 g/mol. The van der Waals surface area contributed by atoms with Crippen LogP contribution in [0.4, 0.5) is 0 Å². The van der Waals surface area contributed by atoms with Gasteiger partial charge in [0.25, 0.3) is 5.60 Å². The lowest BCUT2D eigenvalue weighted by atomic mass is 9.93. The fraction of sp³-hybridized carbons (Fsp3) is 0.471. The number of ether oxygens (including phenoxy) is 3. The number of esters is 2. The molecule has 130 valence electrons. The normalized spacial score (nSPS) is 13.0.